The lowest BCUT2D eigenvalue weighted by molar-refractivity contribution is 0.0997. The number of amides is 1. The molecule has 0 bridgehead atoms. The number of ether oxygens (including phenoxy) is 1. The largest absolute Gasteiger partial charge is 0.508 e. The monoisotopic (exact) mass is 377 g/mol. The van der Waals surface area contributed by atoms with Gasteiger partial charge in [0, 0.05) is 5.56 Å². The molecule has 0 unspecified atom stereocenters. The number of hydrogen-bond acceptors (Lipinski definition) is 6. The number of nitrogens with two attached hydrogens (primary N) is 1. The van der Waals surface area contributed by atoms with Gasteiger partial charge in [-0.15, -0.1) is 0 Å². The lowest BCUT2D eigenvalue weighted by atomic mass is 10.2. The molecule has 140 valence electrons. The summed E-state index contributed by atoms with van der Waals surface area (Å²) in [5.41, 5.74) is 6.01. The van der Waals surface area contributed by atoms with Crippen molar-refractivity contribution in [3.05, 3.63) is 64.7 Å². The van der Waals surface area contributed by atoms with Crippen molar-refractivity contribution in [2.24, 2.45) is 5.73 Å². The third kappa shape index (κ3) is 2.75. The lowest BCUT2D eigenvalue weighted by Crippen LogP contribution is -2.16. The van der Waals surface area contributed by atoms with Crippen LogP contribution in [0.5, 0.6) is 11.5 Å². The number of para-hydroxylation sites is 2. The molecule has 0 saturated carbocycles. The lowest BCUT2D eigenvalue weighted by Gasteiger charge is -2.10. The fourth-order valence-electron chi connectivity index (χ4n) is 2.98. The van der Waals surface area contributed by atoms with Crippen molar-refractivity contribution in [1.82, 2.24) is 19.5 Å². The van der Waals surface area contributed by atoms with Crippen LogP contribution in [0.2, 0.25) is 0 Å². The molecule has 0 fully saturated rings. The molecule has 1 amide bonds. The maximum absolute atomic E-state index is 12.7. The summed E-state index contributed by atoms with van der Waals surface area (Å²) in [4.78, 5) is 35.9. The normalized spacial score (nSPS) is 10.9. The van der Waals surface area contributed by atoms with Crippen LogP contribution in [0.1, 0.15) is 10.5 Å². The number of benzene rings is 2. The first-order valence-corrected chi connectivity index (χ1v) is 8.25. The average Bonchev–Trinajstić information content (AvgIpc) is 3.02. The van der Waals surface area contributed by atoms with Gasteiger partial charge in [0.25, 0.3) is 5.91 Å². The molecule has 4 rings (SSSR count). The molecule has 4 N–H and O–H groups in total. The number of phenols is 1. The van der Waals surface area contributed by atoms with E-state index in [1.54, 1.807) is 36.4 Å². The van der Waals surface area contributed by atoms with E-state index in [0.717, 1.165) is 0 Å². The summed E-state index contributed by atoms with van der Waals surface area (Å²) < 4.78 is 6.63. The van der Waals surface area contributed by atoms with Gasteiger partial charge in [0.2, 0.25) is 0 Å². The molecule has 0 aliphatic heterocycles. The zero-order valence-corrected chi connectivity index (χ0v) is 14.7. The van der Waals surface area contributed by atoms with Gasteiger partial charge in [0.15, 0.2) is 17.2 Å². The molecule has 4 aromatic rings. The van der Waals surface area contributed by atoms with Crippen LogP contribution in [0, 0.1) is 0 Å². The molecule has 0 aliphatic rings. The van der Waals surface area contributed by atoms with E-state index in [0.29, 0.717) is 17.0 Å². The predicted octanol–water partition coefficient (Wildman–Crippen LogP) is 1.59. The number of rotatable bonds is 4. The first-order valence-electron chi connectivity index (χ1n) is 8.25. The Kier molecular flexibility index (Phi) is 4.04. The fourth-order valence-corrected chi connectivity index (χ4v) is 2.98. The van der Waals surface area contributed by atoms with Gasteiger partial charge in [0.05, 0.1) is 12.8 Å². The van der Waals surface area contributed by atoms with E-state index in [9.17, 15) is 14.7 Å². The molecule has 28 heavy (non-hydrogen) atoms. The van der Waals surface area contributed by atoms with Crippen molar-refractivity contribution in [3.63, 3.8) is 0 Å². The topological polar surface area (TPSA) is 136 Å². The summed E-state index contributed by atoms with van der Waals surface area (Å²) >= 11 is 0. The molecule has 0 saturated heterocycles. The van der Waals surface area contributed by atoms with Gasteiger partial charge in [-0.25, -0.2) is 19.3 Å². The van der Waals surface area contributed by atoms with E-state index in [1.165, 1.54) is 23.8 Å². The van der Waals surface area contributed by atoms with Crippen molar-refractivity contribution in [1.29, 1.82) is 0 Å². The van der Waals surface area contributed by atoms with Crippen molar-refractivity contribution in [2.45, 2.75) is 0 Å². The molecule has 2 heterocycles. The smallest absolute Gasteiger partial charge is 0.332 e. The van der Waals surface area contributed by atoms with E-state index < -0.39 is 11.6 Å². The second-order valence-electron chi connectivity index (χ2n) is 5.95. The predicted molar refractivity (Wildman–Crippen MR) is 102 cm³/mol. The molecular formula is C19H15N5O4. The summed E-state index contributed by atoms with van der Waals surface area (Å²) in [6.45, 7) is 0. The number of nitrogens with one attached hydrogen (secondary N) is 1. The van der Waals surface area contributed by atoms with Crippen LogP contribution >= 0.6 is 0 Å². The Labute approximate surface area is 158 Å². The van der Waals surface area contributed by atoms with Gasteiger partial charge in [-0.1, -0.05) is 24.3 Å². The van der Waals surface area contributed by atoms with E-state index in [4.69, 9.17) is 10.5 Å². The van der Waals surface area contributed by atoms with Gasteiger partial charge in [-0.05, 0) is 24.3 Å². The Bertz CT molecular complexity index is 1280. The highest BCUT2D eigenvalue weighted by Gasteiger charge is 2.21. The number of nitrogens with zero attached hydrogens (tertiary/aromatic N) is 3. The second-order valence-corrected chi connectivity index (χ2v) is 5.95. The number of imidazole rings is 1. The Balaban J connectivity index is 2.09. The average molecular weight is 377 g/mol. The minimum atomic E-state index is -0.817. The van der Waals surface area contributed by atoms with E-state index >= 15 is 0 Å². The van der Waals surface area contributed by atoms with Crippen LogP contribution in [0.3, 0.4) is 0 Å². The number of aromatic nitrogens is 4. The Hall–Kier alpha value is -4.14. The third-order valence-corrected chi connectivity index (χ3v) is 4.20. The van der Waals surface area contributed by atoms with Gasteiger partial charge in [-0.2, -0.15) is 0 Å². The third-order valence-electron chi connectivity index (χ3n) is 4.20. The van der Waals surface area contributed by atoms with Crippen molar-refractivity contribution < 1.29 is 14.6 Å². The number of hydrogen-bond donors (Lipinski definition) is 3. The van der Waals surface area contributed by atoms with E-state index in [1.807, 2.05) is 0 Å². The van der Waals surface area contributed by atoms with Crippen molar-refractivity contribution >= 4 is 17.1 Å². The molecule has 9 nitrogen and oxygen atoms in total. The number of carbonyl (C=O) groups excluding carboxylic acids is 1. The molecular weight excluding hydrogens is 362 g/mol. The number of aromatic hydroxyl groups is 1. The van der Waals surface area contributed by atoms with Gasteiger partial charge in [0.1, 0.15) is 17.0 Å². The first-order chi connectivity index (χ1) is 13.5. The molecule has 2 aromatic heterocycles. The van der Waals surface area contributed by atoms with Crippen molar-refractivity contribution in [2.75, 3.05) is 7.11 Å². The zero-order chi connectivity index (χ0) is 19.8. The highest BCUT2D eigenvalue weighted by Crippen LogP contribution is 2.27. The molecule has 9 heteroatoms. The van der Waals surface area contributed by atoms with Crippen LogP contribution < -0.4 is 16.2 Å². The van der Waals surface area contributed by atoms with Gasteiger partial charge < -0.3 is 20.6 Å². The SMILES string of the molecule is COc1ccccc1-n1c(=O)[nH]c2c(C(N)=O)nc(-c3cccc(O)c3)nc21. The van der Waals surface area contributed by atoms with Crippen LogP contribution in [0.15, 0.2) is 53.3 Å². The standard InChI is InChI=1S/C19H15N5O4/c1-28-13-8-3-2-7-12(13)24-18-15(22-19(24)27)14(16(20)26)21-17(23-18)10-5-4-6-11(25)9-10/h2-9,25H,1H3,(H2,20,26)(H,22,27). The summed E-state index contributed by atoms with van der Waals surface area (Å²) in [5.74, 6) is -0.219. The van der Waals surface area contributed by atoms with Gasteiger partial charge >= 0.3 is 5.69 Å². The van der Waals surface area contributed by atoms with Crippen LogP contribution in [0.25, 0.3) is 28.2 Å². The van der Waals surface area contributed by atoms with E-state index in [2.05, 4.69) is 15.0 Å². The number of primary amides is 1. The Morgan fingerprint density at radius 3 is 2.68 bits per heavy atom. The first kappa shape index (κ1) is 17.3. The highest BCUT2D eigenvalue weighted by molar-refractivity contribution is 6.02. The number of phenolic OH excluding ortho intramolecular Hbond substituents is 1. The second kappa shape index (κ2) is 6.54. The van der Waals surface area contributed by atoms with Crippen molar-refractivity contribution in [3.8, 4) is 28.6 Å². The maximum atomic E-state index is 12.7. The highest BCUT2D eigenvalue weighted by atomic mass is 16.5. The Morgan fingerprint density at radius 2 is 1.96 bits per heavy atom. The van der Waals surface area contributed by atoms with Gasteiger partial charge in [-0.3, -0.25) is 4.79 Å². The molecule has 2 aromatic carbocycles. The molecule has 0 aliphatic carbocycles. The molecule has 0 radical (unpaired) electrons. The number of fused-ring (bicyclic) bond motifs is 1. The summed E-state index contributed by atoms with van der Waals surface area (Å²) in [6.07, 6.45) is 0. The van der Waals surface area contributed by atoms with E-state index in [-0.39, 0.29) is 28.4 Å². The minimum Gasteiger partial charge on any atom is -0.508 e. The van der Waals surface area contributed by atoms with Crippen LogP contribution in [-0.2, 0) is 0 Å². The number of carbonyl (C=O) groups is 1. The summed E-state index contributed by atoms with van der Waals surface area (Å²) in [5, 5.41) is 9.75. The summed E-state index contributed by atoms with van der Waals surface area (Å²) in [6, 6.07) is 13.1. The van der Waals surface area contributed by atoms with Crippen LogP contribution in [-0.4, -0.2) is 37.6 Å². The van der Waals surface area contributed by atoms with Crippen LogP contribution in [0.4, 0.5) is 0 Å². The number of H-pyrrole nitrogens is 1. The quantitative estimate of drug-likeness (QED) is 0.494. The fraction of sp³-hybridized carbons (Fsp3) is 0.0526. The Morgan fingerprint density at radius 1 is 1.18 bits per heavy atom. The minimum absolute atomic E-state index is 0.0120. The zero-order valence-electron chi connectivity index (χ0n) is 14.7. The molecule has 0 spiro atoms. The number of methoxy groups -OCH3 is 1. The number of aromatic amines is 1. The maximum Gasteiger partial charge on any atom is 0.332 e. The molecule has 0 atom stereocenters. The summed E-state index contributed by atoms with van der Waals surface area (Å²) in [7, 11) is 1.49.